The summed E-state index contributed by atoms with van der Waals surface area (Å²) in [5.41, 5.74) is -0.852. The molecule has 0 aliphatic carbocycles. The molecule has 0 aromatic rings. The molecule has 0 N–H and O–H groups in total. The number of carbonyl (C=O) groups excluding carboxylic acids is 1. The van der Waals surface area contributed by atoms with E-state index in [1.807, 2.05) is 20.8 Å². The van der Waals surface area contributed by atoms with Crippen LogP contribution in [0, 0.1) is 5.92 Å². The molecule has 0 bridgehead atoms. The molecule has 0 saturated carbocycles. The highest BCUT2D eigenvalue weighted by molar-refractivity contribution is 5.85. The topological polar surface area (TPSA) is 47.9 Å². The van der Waals surface area contributed by atoms with Gasteiger partial charge in [-0.25, -0.2) is 9.79 Å². The Kier molecular flexibility index (Phi) is 2.59. The van der Waals surface area contributed by atoms with E-state index < -0.39 is 5.54 Å². The number of nitrogens with zero attached hydrogens (tertiary/aromatic N) is 1. The number of hydrogen-bond donors (Lipinski definition) is 0. The zero-order valence-electron chi connectivity index (χ0n) is 8.40. The maximum absolute atomic E-state index is 11.6. The first kappa shape index (κ1) is 10.0. The molecular formula is C9H15NO3. The highest BCUT2D eigenvalue weighted by Crippen LogP contribution is 2.32. The van der Waals surface area contributed by atoms with Gasteiger partial charge in [-0.1, -0.05) is 13.8 Å². The second kappa shape index (κ2) is 3.36. The van der Waals surface area contributed by atoms with Crippen LogP contribution >= 0.6 is 0 Å². The molecular weight excluding hydrogens is 170 g/mol. The Morgan fingerprint density at radius 2 is 2.31 bits per heavy atom. The first-order valence-corrected chi connectivity index (χ1v) is 4.33. The highest BCUT2D eigenvalue weighted by atomic mass is 16.5. The Hall–Kier alpha value is -1.06. The first-order chi connectivity index (χ1) is 6.05. The second-order valence-corrected chi connectivity index (χ2v) is 3.48. The molecule has 2 atom stereocenters. The monoisotopic (exact) mass is 185 g/mol. The maximum atomic E-state index is 11.6. The number of hydrogen-bond acceptors (Lipinski definition) is 4. The minimum Gasteiger partial charge on any atom is -0.477 e. The van der Waals surface area contributed by atoms with Crippen LogP contribution in [0.25, 0.3) is 0 Å². The molecule has 0 fully saturated rings. The van der Waals surface area contributed by atoms with Gasteiger partial charge in [-0.05, 0) is 12.8 Å². The standard InChI is InChI=1S/C9H15NO3/c1-6(2)9(8(11)12-4)7(3)13-5-10-9/h5-7H,1-4H3/t7-,9-/m0/s1. The van der Waals surface area contributed by atoms with E-state index in [0.29, 0.717) is 0 Å². The second-order valence-electron chi connectivity index (χ2n) is 3.48. The lowest BCUT2D eigenvalue weighted by Crippen LogP contribution is -2.49. The van der Waals surface area contributed by atoms with E-state index in [2.05, 4.69) is 4.99 Å². The van der Waals surface area contributed by atoms with Crippen molar-refractivity contribution < 1.29 is 14.3 Å². The quantitative estimate of drug-likeness (QED) is 0.603. The molecule has 74 valence electrons. The third kappa shape index (κ3) is 1.30. The van der Waals surface area contributed by atoms with Gasteiger partial charge in [-0.3, -0.25) is 0 Å². The molecule has 1 rings (SSSR count). The summed E-state index contributed by atoms with van der Waals surface area (Å²) in [6, 6.07) is 0. The molecule has 4 heteroatoms. The van der Waals surface area contributed by atoms with Gasteiger partial charge in [0.2, 0.25) is 0 Å². The average molecular weight is 185 g/mol. The molecule has 13 heavy (non-hydrogen) atoms. The summed E-state index contributed by atoms with van der Waals surface area (Å²) in [5.74, 6) is -0.266. The van der Waals surface area contributed by atoms with Crippen molar-refractivity contribution in [2.45, 2.75) is 32.4 Å². The number of methoxy groups -OCH3 is 1. The summed E-state index contributed by atoms with van der Waals surface area (Å²) < 4.78 is 9.90. The molecule has 0 unspecified atom stereocenters. The van der Waals surface area contributed by atoms with Crippen molar-refractivity contribution in [2.75, 3.05) is 7.11 Å². The summed E-state index contributed by atoms with van der Waals surface area (Å²) >= 11 is 0. The third-order valence-corrected chi connectivity index (χ3v) is 2.54. The van der Waals surface area contributed by atoms with Gasteiger partial charge >= 0.3 is 5.97 Å². The lowest BCUT2D eigenvalue weighted by molar-refractivity contribution is -0.151. The van der Waals surface area contributed by atoms with Gasteiger partial charge in [-0.2, -0.15) is 0 Å². The normalized spacial score (nSPS) is 31.9. The van der Waals surface area contributed by atoms with Crippen LogP contribution in [-0.4, -0.2) is 31.1 Å². The van der Waals surface area contributed by atoms with Gasteiger partial charge in [0.05, 0.1) is 7.11 Å². The van der Waals surface area contributed by atoms with E-state index in [1.165, 1.54) is 13.5 Å². The van der Waals surface area contributed by atoms with Crippen LogP contribution in [0.15, 0.2) is 4.99 Å². The fraction of sp³-hybridized carbons (Fsp3) is 0.778. The van der Waals surface area contributed by atoms with E-state index in [1.54, 1.807) is 0 Å². The Morgan fingerprint density at radius 1 is 1.69 bits per heavy atom. The Balaban J connectivity index is 3.01. The van der Waals surface area contributed by atoms with Crippen LogP contribution < -0.4 is 0 Å². The number of rotatable bonds is 2. The zero-order chi connectivity index (χ0) is 10.1. The Morgan fingerprint density at radius 3 is 2.62 bits per heavy atom. The van der Waals surface area contributed by atoms with Crippen molar-refractivity contribution in [3.05, 3.63) is 0 Å². The summed E-state index contributed by atoms with van der Waals surface area (Å²) in [6.07, 6.45) is 1.08. The minimum atomic E-state index is -0.852. The van der Waals surface area contributed by atoms with Crippen molar-refractivity contribution in [3.63, 3.8) is 0 Å². The number of esters is 1. The third-order valence-electron chi connectivity index (χ3n) is 2.54. The van der Waals surface area contributed by atoms with E-state index >= 15 is 0 Å². The lowest BCUT2D eigenvalue weighted by atomic mass is 9.83. The van der Waals surface area contributed by atoms with Crippen molar-refractivity contribution in [2.24, 2.45) is 10.9 Å². The number of carbonyl (C=O) groups is 1. The van der Waals surface area contributed by atoms with Crippen LogP contribution in [0.5, 0.6) is 0 Å². The fourth-order valence-electron chi connectivity index (χ4n) is 1.65. The maximum Gasteiger partial charge on any atom is 0.338 e. The number of ether oxygens (including phenoxy) is 2. The molecule has 0 spiro atoms. The van der Waals surface area contributed by atoms with E-state index in [9.17, 15) is 4.79 Å². The predicted molar refractivity (Wildman–Crippen MR) is 48.6 cm³/mol. The van der Waals surface area contributed by atoms with E-state index in [-0.39, 0.29) is 18.0 Å². The minimum absolute atomic E-state index is 0.0636. The van der Waals surface area contributed by atoms with Crippen molar-refractivity contribution in [1.82, 2.24) is 0 Å². The molecule has 0 saturated heterocycles. The predicted octanol–water partition coefficient (Wildman–Crippen LogP) is 1.00. The van der Waals surface area contributed by atoms with E-state index in [0.717, 1.165) is 0 Å². The van der Waals surface area contributed by atoms with Crippen molar-refractivity contribution >= 4 is 12.4 Å². The van der Waals surface area contributed by atoms with Crippen LogP contribution in [0.3, 0.4) is 0 Å². The molecule has 0 aromatic heterocycles. The van der Waals surface area contributed by atoms with Crippen LogP contribution in [-0.2, 0) is 14.3 Å². The SMILES string of the molecule is COC(=O)[C@@]1(C(C)C)N=CO[C@H]1C. The zero-order valence-corrected chi connectivity index (χ0v) is 8.40. The summed E-state index contributed by atoms with van der Waals surface area (Å²) in [7, 11) is 1.37. The van der Waals surface area contributed by atoms with E-state index in [4.69, 9.17) is 9.47 Å². The molecule has 1 aliphatic heterocycles. The lowest BCUT2D eigenvalue weighted by Gasteiger charge is -2.29. The summed E-state index contributed by atoms with van der Waals surface area (Å²) in [4.78, 5) is 15.7. The Labute approximate surface area is 77.9 Å². The van der Waals surface area contributed by atoms with Gasteiger partial charge in [0, 0.05) is 0 Å². The van der Waals surface area contributed by atoms with Crippen molar-refractivity contribution in [1.29, 1.82) is 0 Å². The smallest absolute Gasteiger partial charge is 0.338 e. The van der Waals surface area contributed by atoms with Gasteiger partial charge in [0.25, 0.3) is 0 Å². The first-order valence-electron chi connectivity index (χ1n) is 4.33. The molecule has 4 nitrogen and oxygen atoms in total. The summed E-state index contributed by atoms with van der Waals surface area (Å²) in [6.45, 7) is 5.68. The molecule has 0 aromatic carbocycles. The van der Waals surface area contributed by atoms with Crippen LogP contribution in [0.4, 0.5) is 0 Å². The van der Waals surface area contributed by atoms with Crippen LogP contribution in [0.2, 0.25) is 0 Å². The van der Waals surface area contributed by atoms with Gasteiger partial charge < -0.3 is 9.47 Å². The van der Waals surface area contributed by atoms with Crippen molar-refractivity contribution in [3.8, 4) is 0 Å². The van der Waals surface area contributed by atoms with Gasteiger partial charge in [0.1, 0.15) is 6.10 Å². The Bertz CT molecular complexity index is 237. The average Bonchev–Trinajstić information content (AvgIpc) is 2.47. The highest BCUT2D eigenvalue weighted by Gasteiger charge is 2.51. The van der Waals surface area contributed by atoms with Crippen LogP contribution in [0.1, 0.15) is 20.8 Å². The molecule has 0 amide bonds. The molecule has 1 aliphatic rings. The largest absolute Gasteiger partial charge is 0.477 e. The molecule has 0 radical (unpaired) electrons. The van der Waals surface area contributed by atoms with Gasteiger partial charge in [0.15, 0.2) is 11.9 Å². The fourth-order valence-corrected chi connectivity index (χ4v) is 1.65. The van der Waals surface area contributed by atoms with Gasteiger partial charge in [-0.15, -0.1) is 0 Å². The molecule has 1 heterocycles. The summed E-state index contributed by atoms with van der Waals surface area (Å²) in [5, 5.41) is 0. The number of aliphatic imine (C=N–C) groups is 1.